The SMILES string of the molecule is COc1ccc(CN(C)c2ccc3c(c2)C(Nc2cccc(Cl)c2)CC3)cc1F. The van der Waals surface area contributed by atoms with E-state index in [-0.39, 0.29) is 17.6 Å². The first-order valence-corrected chi connectivity index (χ1v) is 10.1. The Hall–Kier alpha value is -2.72. The summed E-state index contributed by atoms with van der Waals surface area (Å²) in [5.74, 6) is -0.0676. The van der Waals surface area contributed by atoms with Gasteiger partial charge in [-0.15, -0.1) is 0 Å². The summed E-state index contributed by atoms with van der Waals surface area (Å²) in [6.45, 7) is 0.617. The first kappa shape index (κ1) is 19.6. The van der Waals surface area contributed by atoms with Crippen molar-refractivity contribution in [3.8, 4) is 5.75 Å². The van der Waals surface area contributed by atoms with Crippen molar-refractivity contribution in [2.24, 2.45) is 0 Å². The molecule has 0 radical (unpaired) electrons. The van der Waals surface area contributed by atoms with Crippen LogP contribution in [0.1, 0.15) is 29.2 Å². The van der Waals surface area contributed by atoms with E-state index in [1.807, 2.05) is 37.4 Å². The molecule has 29 heavy (non-hydrogen) atoms. The molecule has 0 heterocycles. The van der Waals surface area contributed by atoms with Gasteiger partial charge in [0.05, 0.1) is 13.2 Å². The smallest absolute Gasteiger partial charge is 0.165 e. The third kappa shape index (κ3) is 4.33. The van der Waals surface area contributed by atoms with Gasteiger partial charge < -0.3 is 15.0 Å². The normalized spacial score (nSPS) is 15.1. The molecule has 3 aromatic rings. The Bertz CT molecular complexity index is 1020. The molecule has 1 aliphatic rings. The van der Waals surface area contributed by atoms with E-state index in [1.54, 1.807) is 6.07 Å². The lowest BCUT2D eigenvalue weighted by atomic mass is 10.1. The Morgan fingerprint density at radius 3 is 2.76 bits per heavy atom. The van der Waals surface area contributed by atoms with E-state index in [2.05, 4.69) is 28.4 Å². The number of fused-ring (bicyclic) bond motifs is 1. The van der Waals surface area contributed by atoms with Crippen molar-refractivity contribution in [3.63, 3.8) is 0 Å². The van der Waals surface area contributed by atoms with Gasteiger partial charge in [-0.05, 0) is 72.0 Å². The van der Waals surface area contributed by atoms with Gasteiger partial charge in [0.1, 0.15) is 0 Å². The Balaban J connectivity index is 1.52. The number of ether oxygens (including phenoxy) is 1. The van der Waals surface area contributed by atoms with Crippen molar-refractivity contribution in [3.05, 3.63) is 88.2 Å². The maximum atomic E-state index is 14.0. The monoisotopic (exact) mass is 410 g/mol. The van der Waals surface area contributed by atoms with Crippen LogP contribution in [0.2, 0.25) is 5.02 Å². The summed E-state index contributed by atoms with van der Waals surface area (Å²) in [7, 11) is 3.50. The fraction of sp³-hybridized carbons (Fsp3) is 0.250. The Labute approximate surface area is 176 Å². The number of hydrogen-bond acceptors (Lipinski definition) is 3. The fourth-order valence-corrected chi connectivity index (χ4v) is 4.12. The van der Waals surface area contributed by atoms with Gasteiger partial charge in [-0.1, -0.05) is 29.8 Å². The van der Waals surface area contributed by atoms with Crippen LogP contribution >= 0.6 is 11.6 Å². The zero-order valence-electron chi connectivity index (χ0n) is 16.6. The van der Waals surface area contributed by atoms with Crippen LogP contribution in [0.25, 0.3) is 0 Å². The number of hydrogen-bond donors (Lipinski definition) is 1. The topological polar surface area (TPSA) is 24.5 Å². The van der Waals surface area contributed by atoms with Crippen molar-refractivity contribution in [1.82, 2.24) is 0 Å². The van der Waals surface area contributed by atoms with Crippen LogP contribution in [-0.2, 0) is 13.0 Å². The number of anilines is 2. The third-order valence-electron chi connectivity index (χ3n) is 5.45. The van der Waals surface area contributed by atoms with E-state index in [4.69, 9.17) is 16.3 Å². The highest BCUT2D eigenvalue weighted by molar-refractivity contribution is 6.30. The fourth-order valence-electron chi connectivity index (χ4n) is 3.93. The number of methoxy groups -OCH3 is 1. The molecule has 0 saturated carbocycles. The molecule has 0 bridgehead atoms. The Kier molecular flexibility index (Phi) is 5.63. The van der Waals surface area contributed by atoms with Crippen LogP contribution in [0, 0.1) is 5.82 Å². The molecule has 1 unspecified atom stereocenters. The van der Waals surface area contributed by atoms with Crippen molar-refractivity contribution in [1.29, 1.82) is 0 Å². The van der Waals surface area contributed by atoms with Crippen LogP contribution in [-0.4, -0.2) is 14.2 Å². The van der Waals surface area contributed by atoms with Gasteiger partial charge in [-0.25, -0.2) is 4.39 Å². The highest BCUT2D eigenvalue weighted by Crippen LogP contribution is 2.36. The molecule has 150 valence electrons. The van der Waals surface area contributed by atoms with E-state index in [9.17, 15) is 4.39 Å². The van der Waals surface area contributed by atoms with Crippen LogP contribution in [0.4, 0.5) is 15.8 Å². The molecule has 1 atom stereocenters. The predicted octanol–water partition coefficient (Wildman–Crippen LogP) is 6.22. The van der Waals surface area contributed by atoms with Gasteiger partial charge >= 0.3 is 0 Å². The molecule has 0 aliphatic heterocycles. The molecule has 1 aliphatic carbocycles. The van der Waals surface area contributed by atoms with Gasteiger partial charge in [0, 0.05) is 30.0 Å². The lowest BCUT2D eigenvalue weighted by Gasteiger charge is -2.22. The summed E-state index contributed by atoms with van der Waals surface area (Å²) >= 11 is 6.12. The van der Waals surface area contributed by atoms with Crippen LogP contribution < -0.4 is 15.0 Å². The molecule has 3 aromatic carbocycles. The van der Waals surface area contributed by atoms with Gasteiger partial charge in [0.15, 0.2) is 11.6 Å². The number of nitrogens with one attached hydrogen (secondary N) is 1. The summed E-state index contributed by atoms with van der Waals surface area (Å²) in [6.07, 6.45) is 2.11. The van der Waals surface area contributed by atoms with E-state index in [1.165, 1.54) is 24.3 Å². The molecule has 3 nitrogen and oxygen atoms in total. The number of aryl methyl sites for hydroxylation is 1. The standard InChI is InChI=1S/C24H24ClFN2O/c1-28(15-16-6-11-24(29-2)22(26)12-16)20-9-7-17-8-10-23(21(17)14-20)27-19-5-3-4-18(25)13-19/h3-7,9,11-14,23,27H,8,10,15H2,1-2H3. The summed E-state index contributed by atoms with van der Waals surface area (Å²) in [5.41, 5.74) is 5.73. The number of nitrogens with zero attached hydrogens (tertiary/aromatic N) is 1. The zero-order chi connectivity index (χ0) is 20.4. The van der Waals surface area contributed by atoms with Crippen LogP contribution in [0.15, 0.2) is 60.7 Å². The van der Waals surface area contributed by atoms with E-state index < -0.39 is 0 Å². The molecule has 5 heteroatoms. The molecule has 0 spiro atoms. The lowest BCUT2D eigenvalue weighted by Crippen LogP contribution is -2.17. The number of rotatable bonds is 6. The average Bonchev–Trinajstić information content (AvgIpc) is 3.10. The zero-order valence-corrected chi connectivity index (χ0v) is 17.3. The molecule has 0 amide bonds. The van der Waals surface area contributed by atoms with E-state index >= 15 is 0 Å². The molecule has 0 fully saturated rings. The van der Waals surface area contributed by atoms with Crippen molar-refractivity contribution in [2.45, 2.75) is 25.4 Å². The minimum Gasteiger partial charge on any atom is -0.494 e. The second-order valence-corrected chi connectivity index (χ2v) is 7.89. The summed E-state index contributed by atoms with van der Waals surface area (Å²) < 4.78 is 19.0. The minimum atomic E-state index is -0.335. The van der Waals surface area contributed by atoms with Crippen molar-refractivity contribution >= 4 is 23.0 Å². The quantitative estimate of drug-likeness (QED) is 0.521. The maximum Gasteiger partial charge on any atom is 0.165 e. The van der Waals surface area contributed by atoms with E-state index in [0.29, 0.717) is 6.54 Å². The van der Waals surface area contributed by atoms with E-state index in [0.717, 1.165) is 34.8 Å². The average molecular weight is 411 g/mol. The number of benzene rings is 3. The van der Waals surface area contributed by atoms with Crippen molar-refractivity contribution < 1.29 is 9.13 Å². The van der Waals surface area contributed by atoms with Gasteiger partial charge in [0.25, 0.3) is 0 Å². The Morgan fingerprint density at radius 2 is 2.00 bits per heavy atom. The summed E-state index contributed by atoms with van der Waals surface area (Å²) in [6, 6.07) is 19.8. The van der Waals surface area contributed by atoms with Crippen molar-refractivity contribution in [2.75, 3.05) is 24.4 Å². The predicted molar refractivity (Wildman–Crippen MR) is 118 cm³/mol. The number of halogens is 2. The van der Waals surface area contributed by atoms with Gasteiger partial charge in [-0.3, -0.25) is 0 Å². The molecule has 0 aromatic heterocycles. The first-order valence-electron chi connectivity index (χ1n) is 9.72. The molecular weight excluding hydrogens is 387 g/mol. The Morgan fingerprint density at radius 1 is 1.14 bits per heavy atom. The molecule has 4 rings (SSSR count). The van der Waals surface area contributed by atoms with Gasteiger partial charge in [0.2, 0.25) is 0 Å². The summed E-state index contributed by atoms with van der Waals surface area (Å²) in [5, 5.41) is 4.34. The summed E-state index contributed by atoms with van der Waals surface area (Å²) in [4.78, 5) is 2.14. The third-order valence-corrected chi connectivity index (χ3v) is 5.68. The molecular formula is C24H24ClFN2O. The van der Waals surface area contributed by atoms with Gasteiger partial charge in [-0.2, -0.15) is 0 Å². The highest BCUT2D eigenvalue weighted by atomic mass is 35.5. The first-order chi connectivity index (χ1) is 14.0. The lowest BCUT2D eigenvalue weighted by molar-refractivity contribution is 0.386. The second kappa shape index (κ2) is 8.34. The minimum absolute atomic E-state index is 0.259. The largest absolute Gasteiger partial charge is 0.494 e. The van der Waals surface area contributed by atoms with Crippen LogP contribution in [0.5, 0.6) is 5.75 Å². The molecule has 0 saturated heterocycles. The molecule has 1 N–H and O–H groups in total. The second-order valence-electron chi connectivity index (χ2n) is 7.45. The van der Waals surface area contributed by atoms with Crippen LogP contribution in [0.3, 0.4) is 0 Å². The highest BCUT2D eigenvalue weighted by Gasteiger charge is 2.23. The maximum absolute atomic E-state index is 14.0.